The van der Waals surface area contributed by atoms with E-state index in [0.717, 1.165) is 12.0 Å². The van der Waals surface area contributed by atoms with E-state index in [1.54, 1.807) is 43.3 Å². The highest BCUT2D eigenvalue weighted by Crippen LogP contribution is 2.10. The van der Waals surface area contributed by atoms with Gasteiger partial charge in [0.25, 0.3) is 11.8 Å². The molecule has 25 heavy (non-hydrogen) atoms. The molecule has 0 unspecified atom stereocenters. The molecule has 0 aliphatic carbocycles. The molecule has 0 spiro atoms. The first kappa shape index (κ1) is 18.7. The molecule has 0 heterocycles. The Morgan fingerprint density at radius 2 is 1.64 bits per heavy atom. The van der Waals surface area contributed by atoms with Crippen LogP contribution in [0.2, 0.25) is 0 Å². The Morgan fingerprint density at radius 1 is 1.00 bits per heavy atom. The highest BCUT2D eigenvalue weighted by Gasteiger charge is 2.13. The van der Waals surface area contributed by atoms with Gasteiger partial charge in [0.2, 0.25) is 0 Å². The molecule has 5 nitrogen and oxygen atoms in total. The van der Waals surface area contributed by atoms with E-state index in [1.165, 1.54) is 0 Å². The summed E-state index contributed by atoms with van der Waals surface area (Å²) in [7, 11) is 3.40. The number of carbonyl (C=O) groups is 2. The SMILES string of the molecule is COCCCNC(=O)c1ccc(C(=O)N(C)Cc2ccccc2)cc1. The van der Waals surface area contributed by atoms with Crippen LogP contribution in [-0.2, 0) is 11.3 Å². The van der Waals surface area contributed by atoms with Gasteiger partial charge in [0.15, 0.2) is 0 Å². The maximum atomic E-state index is 12.5. The van der Waals surface area contributed by atoms with Gasteiger partial charge < -0.3 is 15.0 Å². The van der Waals surface area contributed by atoms with Crippen molar-refractivity contribution < 1.29 is 14.3 Å². The zero-order chi connectivity index (χ0) is 18.1. The molecule has 0 aliphatic heterocycles. The Bertz CT molecular complexity index is 684. The highest BCUT2D eigenvalue weighted by atomic mass is 16.5. The molecule has 0 bridgehead atoms. The summed E-state index contributed by atoms with van der Waals surface area (Å²) in [5, 5.41) is 2.82. The highest BCUT2D eigenvalue weighted by molar-refractivity contribution is 5.97. The second-order valence-corrected chi connectivity index (χ2v) is 5.83. The molecule has 0 atom stereocenters. The standard InChI is InChI=1S/C20H24N2O3/c1-22(15-16-7-4-3-5-8-16)20(24)18-11-9-17(10-12-18)19(23)21-13-6-14-25-2/h3-5,7-12H,6,13-15H2,1-2H3,(H,21,23). The molecule has 132 valence electrons. The van der Waals surface area contributed by atoms with Gasteiger partial charge >= 0.3 is 0 Å². The smallest absolute Gasteiger partial charge is 0.253 e. The maximum absolute atomic E-state index is 12.5. The minimum Gasteiger partial charge on any atom is -0.385 e. The second-order valence-electron chi connectivity index (χ2n) is 5.83. The zero-order valence-corrected chi connectivity index (χ0v) is 14.7. The lowest BCUT2D eigenvalue weighted by atomic mass is 10.1. The van der Waals surface area contributed by atoms with Crippen LogP contribution in [0.25, 0.3) is 0 Å². The number of benzene rings is 2. The number of hydrogen-bond acceptors (Lipinski definition) is 3. The maximum Gasteiger partial charge on any atom is 0.253 e. The Kier molecular flexibility index (Phi) is 7.16. The van der Waals surface area contributed by atoms with Gasteiger partial charge in [-0.05, 0) is 36.2 Å². The van der Waals surface area contributed by atoms with Gasteiger partial charge in [-0.15, -0.1) is 0 Å². The van der Waals surface area contributed by atoms with E-state index in [0.29, 0.717) is 30.8 Å². The van der Waals surface area contributed by atoms with Crippen LogP contribution in [0.5, 0.6) is 0 Å². The van der Waals surface area contributed by atoms with Crippen molar-refractivity contribution in [1.29, 1.82) is 0 Å². The number of nitrogens with one attached hydrogen (secondary N) is 1. The molecule has 5 heteroatoms. The summed E-state index contributed by atoms with van der Waals surface area (Å²) >= 11 is 0. The average molecular weight is 340 g/mol. The molecule has 2 amide bonds. The second kappa shape index (κ2) is 9.59. The van der Waals surface area contributed by atoms with E-state index >= 15 is 0 Å². The van der Waals surface area contributed by atoms with Crippen LogP contribution in [0.15, 0.2) is 54.6 Å². The molecule has 2 rings (SSSR count). The Labute approximate surface area is 148 Å². The molecule has 0 fully saturated rings. The molecule has 2 aromatic rings. The number of methoxy groups -OCH3 is 1. The van der Waals surface area contributed by atoms with E-state index in [1.807, 2.05) is 30.3 Å². The van der Waals surface area contributed by atoms with E-state index < -0.39 is 0 Å². The fourth-order valence-corrected chi connectivity index (χ4v) is 2.43. The molecule has 1 N–H and O–H groups in total. The third kappa shape index (κ3) is 5.72. The predicted octanol–water partition coefficient (Wildman–Crippen LogP) is 2.73. The Morgan fingerprint density at radius 3 is 2.28 bits per heavy atom. The van der Waals surface area contributed by atoms with Crippen LogP contribution in [0.1, 0.15) is 32.7 Å². The number of carbonyl (C=O) groups excluding carboxylic acids is 2. The van der Waals surface area contributed by atoms with Gasteiger partial charge in [0.1, 0.15) is 0 Å². The van der Waals surface area contributed by atoms with Gasteiger partial charge in [-0.2, -0.15) is 0 Å². The van der Waals surface area contributed by atoms with Crippen LogP contribution in [-0.4, -0.2) is 44.0 Å². The first-order chi connectivity index (χ1) is 12.1. The summed E-state index contributed by atoms with van der Waals surface area (Å²) in [6.45, 7) is 1.72. The van der Waals surface area contributed by atoms with Gasteiger partial charge in [-0.25, -0.2) is 0 Å². The third-order valence-electron chi connectivity index (χ3n) is 3.81. The lowest BCUT2D eigenvalue weighted by molar-refractivity contribution is 0.0784. The van der Waals surface area contributed by atoms with E-state index in [4.69, 9.17) is 4.74 Å². The van der Waals surface area contributed by atoms with Crippen molar-refractivity contribution in [2.45, 2.75) is 13.0 Å². The fourth-order valence-electron chi connectivity index (χ4n) is 2.43. The van der Waals surface area contributed by atoms with Crippen molar-refractivity contribution in [2.75, 3.05) is 27.3 Å². The molecule has 0 saturated heterocycles. The summed E-state index contributed by atoms with van der Waals surface area (Å²) < 4.78 is 4.94. The lowest BCUT2D eigenvalue weighted by Gasteiger charge is -2.17. The summed E-state index contributed by atoms with van der Waals surface area (Å²) in [6.07, 6.45) is 0.767. The molecule has 0 radical (unpaired) electrons. The monoisotopic (exact) mass is 340 g/mol. The number of rotatable bonds is 8. The first-order valence-electron chi connectivity index (χ1n) is 8.28. The molecule has 0 saturated carbocycles. The van der Waals surface area contributed by atoms with Gasteiger partial charge in [-0.3, -0.25) is 9.59 Å². The van der Waals surface area contributed by atoms with Crippen molar-refractivity contribution in [2.24, 2.45) is 0 Å². The summed E-state index contributed by atoms with van der Waals surface area (Å²) in [4.78, 5) is 26.2. The number of amides is 2. The van der Waals surface area contributed by atoms with Crippen molar-refractivity contribution in [3.05, 3.63) is 71.3 Å². The zero-order valence-electron chi connectivity index (χ0n) is 14.7. The minimum atomic E-state index is -0.146. The summed E-state index contributed by atoms with van der Waals surface area (Å²) in [6, 6.07) is 16.6. The van der Waals surface area contributed by atoms with E-state index in [2.05, 4.69) is 5.32 Å². The van der Waals surface area contributed by atoms with Crippen LogP contribution in [0.4, 0.5) is 0 Å². The molecule has 0 aliphatic rings. The predicted molar refractivity (Wildman–Crippen MR) is 97.5 cm³/mol. The van der Waals surface area contributed by atoms with Crippen LogP contribution in [0.3, 0.4) is 0 Å². The van der Waals surface area contributed by atoms with Crippen LogP contribution < -0.4 is 5.32 Å². The van der Waals surface area contributed by atoms with E-state index in [9.17, 15) is 9.59 Å². The number of nitrogens with zero attached hydrogens (tertiary/aromatic N) is 1. The Balaban J connectivity index is 1.92. The quantitative estimate of drug-likeness (QED) is 0.752. The normalized spacial score (nSPS) is 10.3. The summed E-state index contributed by atoms with van der Waals surface area (Å²) in [5.74, 6) is -0.219. The Hall–Kier alpha value is -2.66. The van der Waals surface area contributed by atoms with Crippen molar-refractivity contribution >= 4 is 11.8 Å². The minimum absolute atomic E-state index is 0.0732. The fraction of sp³-hybridized carbons (Fsp3) is 0.300. The van der Waals surface area contributed by atoms with Crippen molar-refractivity contribution in [1.82, 2.24) is 10.2 Å². The van der Waals surface area contributed by atoms with Crippen LogP contribution >= 0.6 is 0 Å². The number of hydrogen-bond donors (Lipinski definition) is 1. The van der Waals surface area contributed by atoms with Crippen LogP contribution in [0, 0.1) is 0 Å². The molecular weight excluding hydrogens is 316 g/mol. The average Bonchev–Trinajstić information content (AvgIpc) is 2.65. The molecule has 2 aromatic carbocycles. The lowest BCUT2D eigenvalue weighted by Crippen LogP contribution is -2.27. The molecule has 0 aromatic heterocycles. The van der Waals surface area contributed by atoms with Crippen molar-refractivity contribution in [3.63, 3.8) is 0 Å². The van der Waals surface area contributed by atoms with Gasteiger partial charge in [0, 0.05) is 45.0 Å². The van der Waals surface area contributed by atoms with Gasteiger partial charge in [0.05, 0.1) is 0 Å². The molecular formula is C20H24N2O3. The van der Waals surface area contributed by atoms with Crippen molar-refractivity contribution in [3.8, 4) is 0 Å². The number of ether oxygens (including phenoxy) is 1. The van der Waals surface area contributed by atoms with E-state index in [-0.39, 0.29) is 11.8 Å². The topological polar surface area (TPSA) is 58.6 Å². The van der Waals surface area contributed by atoms with Gasteiger partial charge in [-0.1, -0.05) is 30.3 Å². The first-order valence-corrected chi connectivity index (χ1v) is 8.28. The third-order valence-corrected chi connectivity index (χ3v) is 3.81. The summed E-state index contributed by atoms with van der Waals surface area (Å²) in [5.41, 5.74) is 2.18. The largest absolute Gasteiger partial charge is 0.385 e.